The minimum absolute atomic E-state index is 0.0202. The highest BCUT2D eigenvalue weighted by atomic mass is 28.4. The molecule has 9 heteroatoms. The predicted molar refractivity (Wildman–Crippen MR) is 92.0 cm³/mol. The van der Waals surface area contributed by atoms with Gasteiger partial charge in [0.1, 0.15) is 24.1 Å². The smallest absolute Gasteiger partial charge is 0.351 e. The van der Waals surface area contributed by atoms with Crippen LogP contribution in [0.15, 0.2) is 17.1 Å². The number of nitrogens with zero attached hydrogens (tertiary/aromatic N) is 2. The Morgan fingerprint density at radius 1 is 1.38 bits per heavy atom. The number of aliphatic hydroxyl groups excluding tert-OH is 2. The Balaban J connectivity index is 2.12. The van der Waals surface area contributed by atoms with E-state index in [1.807, 2.05) is 0 Å². The lowest BCUT2D eigenvalue weighted by molar-refractivity contribution is -0.0530. The van der Waals surface area contributed by atoms with Gasteiger partial charge in [0.2, 0.25) is 0 Å². The van der Waals surface area contributed by atoms with Crippen molar-refractivity contribution in [3.63, 3.8) is 0 Å². The molecule has 0 aliphatic carbocycles. The van der Waals surface area contributed by atoms with Gasteiger partial charge in [0, 0.05) is 6.20 Å². The molecule has 1 aliphatic rings. The molecule has 1 aliphatic heterocycles. The minimum atomic E-state index is -2.01. The zero-order chi connectivity index (χ0) is 18.3. The average Bonchev–Trinajstić information content (AvgIpc) is 2.72. The van der Waals surface area contributed by atoms with Gasteiger partial charge in [0.15, 0.2) is 14.5 Å². The Morgan fingerprint density at radius 3 is 2.54 bits per heavy atom. The molecule has 0 aromatic carbocycles. The molecule has 0 amide bonds. The molecule has 1 fully saturated rings. The van der Waals surface area contributed by atoms with E-state index >= 15 is 0 Å². The number of nitrogens with two attached hydrogens (primary N) is 1. The molecule has 1 aromatic heterocycles. The first-order chi connectivity index (χ1) is 10.9. The van der Waals surface area contributed by atoms with E-state index in [1.165, 1.54) is 12.3 Å². The highest BCUT2D eigenvalue weighted by molar-refractivity contribution is 6.74. The molecule has 0 saturated carbocycles. The fourth-order valence-corrected chi connectivity index (χ4v) is 3.24. The van der Waals surface area contributed by atoms with Gasteiger partial charge in [-0.15, -0.1) is 0 Å². The van der Waals surface area contributed by atoms with Gasteiger partial charge in [-0.1, -0.05) is 20.8 Å². The molecular weight excluding hydrogens is 330 g/mol. The Kier molecular flexibility index (Phi) is 5.21. The lowest BCUT2D eigenvalue weighted by atomic mass is 10.1. The molecule has 4 N–H and O–H groups in total. The van der Waals surface area contributed by atoms with Gasteiger partial charge in [-0.05, 0) is 24.2 Å². The molecule has 136 valence electrons. The fourth-order valence-electron chi connectivity index (χ4n) is 2.22. The summed E-state index contributed by atoms with van der Waals surface area (Å²) < 4.78 is 12.9. The summed E-state index contributed by atoms with van der Waals surface area (Å²) in [5.41, 5.74) is 4.82. The zero-order valence-corrected chi connectivity index (χ0v) is 15.8. The van der Waals surface area contributed by atoms with E-state index < -0.39 is 38.5 Å². The van der Waals surface area contributed by atoms with Crippen LogP contribution in [0.4, 0.5) is 5.82 Å². The van der Waals surface area contributed by atoms with Gasteiger partial charge in [0.25, 0.3) is 0 Å². The van der Waals surface area contributed by atoms with Crippen LogP contribution in [0.1, 0.15) is 27.0 Å². The normalized spacial score (nSPS) is 28.3. The van der Waals surface area contributed by atoms with Gasteiger partial charge >= 0.3 is 5.69 Å². The van der Waals surface area contributed by atoms with Crippen molar-refractivity contribution in [2.45, 2.75) is 63.4 Å². The summed E-state index contributed by atoms with van der Waals surface area (Å²) in [4.78, 5) is 15.5. The topological polar surface area (TPSA) is 120 Å². The second-order valence-electron chi connectivity index (χ2n) is 7.66. The highest BCUT2D eigenvalue weighted by Crippen LogP contribution is 2.37. The van der Waals surface area contributed by atoms with Crippen molar-refractivity contribution < 1.29 is 19.4 Å². The van der Waals surface area contributed by atoms with Gasteiger partial charge in [-0.2, -0.15) is 4.98 Å². The molecule has 24 heavy (non-hydrogen) atoms. The Labute approximate surface area is 142 Å². The zero-order valence-electron chi connectivity index (χ0n) is 14.8. The first kappa shape index (κ1) is 19.1. The molecule has 1 aromatic rings. The van der Waals surface area contributed by atoms with E-state index in [1.54, 1.807) is 0 Å². The Morgan fingerprint density at radius 2 is 2.00 bits per heavy atom. The van der Waals surface area contributed by atoms with Gasteiger partial charge in [-0.3, -0.25) is 4.57 Å². The van der Waals surface area contributed by atoms with E-state index in [-0.39, 0.29) is 17.5 Å². The van der Waals surface area contributed by atoms with Crippen LogP contribution in [0.5, 0.6) is 0 Å². The second-order valence-corrected chi connectivity index (χ2v) is 12.5. The van der Waals surface area contributed by atoms with Crippen LogP contribution in [-0.4, -0.2) is 53.0 Å². The molecule has 4 atom stereocenters. The molecular formula is C15H27N3O5Si. The third kappa shape index (κ3) is 3.70. The van der Waals surface area contributed by atoms with E-state index in [0.717, 1.165) is 4.57 Å². The monoisotopic (exact) mass is 357 g/mol. The maximum absolute atomic E-state index is 11.9. The Bertz CT molecular complexity index is 643. The quantitative estimate of drug-likeness (QED) is 0.670. The molecule has 4 unspecified atom stereocenters. The van der Waals surface area contributed by atoms with Gasteiger partial charge < -0.3 is 25.1 Å². The number of rotatable bonds is 4. The third-order valence-corrected chi connectivity index (χ3v) is 9.38. The summed E-state index contributed by atoms with van der Waals surface area (Å²) in [5.74, 6) is 0.0853. The van der Waals surface area contributed by atoms with Crippen LogP contribution in [0.3, 0.4) is 0 Å². The van der Waals surface area contributed by atoms with Crippen LogP contribution in [0, 0.1) is 0 Å². The summed E-state index contributed by atoms with van der Waals surface area (Å²) in [6, 6.07) is 1.43. The van der Waals surface area contributed by atoms with Crippen molar-refractivity contribution in [3.8, 4) is 0 Å². The molecule has 0 bridgehead atoms. The SMILES string of the molecule is CC(C)(C)[Si](C)(C)OCC1OC(n2ccc(N)nc2=O)C(O)C1O. The summed E-state index contributed by atoms with van der Waals surface area (Å²) in [6.45, 7) is 10.7. The van der Waals surface area contributed by atoms with Gasteiger partial charge in [-0.25, -0.2) is 4.79 Å². The lowest BCUT2D eigenvalue weighted by Gasteiger charge is -2.37. The van der Waals surface area contributed by atoms with Crippen molar-refractivity contribution in [2.24, 2.45) is 0 Å². The van der Waals surface area contributed by atoms with E-state index in [2.05, 4.69) is 38.8 Å². The highest BCUT2D eigenvalue weighted by Gasteiger charge is 2.46. The van der Waals surface area contributed by atoms with Crippen molar-refractivity contribution in [1.82, 2.24) is 9.55 Å². The number of ether oxygens (including phenoxy) is 1. The summed E-state index contributed by atoms with van der Waals surface area (Å²) >= 11 is 0. The first-order valence-electron chi connectivity index (χ1n) is 7.94. The van der Waals surface area contributed by atoms with Crippen molar-refractivity contribution >= 4 is 14.1 Å². The number of nitrogen functional groups attached to an aromatic ring is 1. The number of aromatic nitrogens is 2. The van der Waals surface area contributed by atoms with Gasteiger partial charge in [0.05, 0.1) is 6.61 Å². The van der Waals surface area contributed by atoms with Crippen LogP contribution < -0.4 is 11.4 Å². The number of aliphatic hydroxyl groups is 2. The number of hydrogen-bond donors (Lipinski definition) is 3. The van der Waals surface area contributed by atoms with Crippen molar-refractivity contribution in [3.05, 3.63) is 22.7 Å². The average molecular weight is 357 g/mol. The maximum Gasteiger partial charge on any atom is 0.351 e. The Hall–Kier alpha value is -1.26. The van der Waals surface area contributed by atoms with Crippen molar-refractivity contribution in [1.29, 1.82) is 0 Å². The lowest BCUT2D eigenvalue weighted by Crippen LogP contribution is -2.44. The van der Waals surface area contributed by atoms with Crippen LogP contribution in [0.25, 0.3) is 0 Å². The third-order valence-electron chi connectivity index (χ3n) is 4.88. The molecule has 0 spiro atoms. The fraction of sp³-hybridized carbons (Fsp3) is 0.733. The minimum Gasteiger partial charge on any atom is -0.414 e. The predicted octanol–water partition coefficient (Wildman–Crippen LogP) is 0.466. The molecule has 0 radical (unpaired) electrons. The molecule has 2 heterocycles. The van der Waals surface area contributed by atoms with Crippen LogP contribution >= 0.6 is 0 Å². The largest absolute Gasteiger partial charge is 0.414 e. The molecule has 1 saturated heterocycles. The van der Waals surface area contributed by atoms with E-state index in [4.69, 9.17) is 14.9 Å². The molecule has 2 rings (SSSR count). The standard InChI is InChI=1S/C15H27N3O5Si/c1-15(2,3)24(4,5)22-8-9-11(19)12(20)13(23-9)18-7-6-10(16)17-14(18)21/h6-7,9,11-13,19-20H,8H2,1-5H3,(H2,16,17,21). The number of anilines is 1. The van der Waals surface area contributed by atoms with Crippen LogP contribution in [0.2, 0.25) is 18.1 Å². The second kappa shape index (κ2) is 6.56. The van der Waals surface area contributed by atoms with E-state index in [9.17, 15) is 15.0 Å². The summed E-state index contributed by atoms with van der Waals surface area (Å²) in [6.07, 6.45) is -2.75. The van der Waals surface area contributed by atoms with Crippen LogP contribution in [-0.2, 0) is 9.16 Å². The summed E-state index contributed by atoms with van der Waals surface area (Å²) in [7, 11) is -2.01. The first-order valence-corrected chi connectivity index (χ1v) is 10.8. The maximum atomic E-state index is 11.9. The van der Waals surface area contributed by atoms with Crippen molar-refractivity contribution in [2.75, 3.05) is 12.3 Å². The summed E-state index contributed by atoms with van der Waals surface area (Å²) in [5, 5.41) is 20.5. The number of hydrogen-bond acceptors (Lipinski definition) is 7. The molecule has 8 nitrogen and oxygen atoms in total. The van der Waals surface area contributed by atoms with E-state index in [0.29, 0.717) is 0 Å².